The smallest absolute Gasteiger partial charge is 0.306 e. The monoisotopic (exact) mass is 974 g/mol. The summed E-state index contributed by atoms with van der Waals surface area (Å²) < 4.78 is 5.61. The van der Waals surface area contributed by atoms with Crippen molar-refractivity contribution in [3.8, 4) is 28.7 Å². The van der Waals surface area contributed by atoms with Crippen LogP contribution in [0.2, 0.25) is 0 Å². The van der Waals surface area contributed by atoms with Crippen LogP contribution in [0.4, 0.5) is 0 Å². The molecule has 0 spiro atoms. The van der Waals surface area contributed by atoms with Gasteiger partial charge in [-0.2, -0.15) is 0 Å². The van der Waals surface area contributed by atoms with E-state index >= 15 is 0 Å². The molecule has 5 N–H and O–H groups in total. The van der Waals surface area contributed by atoms with Crippen LogP contribution >= 0.6 is 0 Å². The molecule has 10 heteroatoms. The molecule has 1 unspecified atom stereocenters. The van der Waals surface area contributed by atoms with Gasteiger partial charge in [-0.05, 0) is 243 Å². The molecule has 5 aromatic rings. The maximum Gasteiger partial charge on any atom is 0.306 e. The minimum Gasteiger partial charge on any atom is -0.508 e. The van der Waals surface area contributed by atoms with Crippen molar-refractivity contribution in [1.82, 2.24) is 4.90 Å². The lowest BCUT2D eigenvalue weighted by Crippen LogP contribution is -2.62. The Labute approximate surface area is 424 Å². The third-order valence-electron chi connectivity index (χ3n) is 14.7. The van der Waals surface area contributed by atoms with Crippen molar-refractivity contribution in [2.45, 2.75) is 178 Å². The fraction of sp³-hybridized carbons (Fsp3) is 0.492. The minimum absolute atomic E-state index is 0.0146. The number of phenolic OH excluding ortho intramolecular Hbond substituents is 5. The molecule has 386 valence electrons. The van der Waals surface area contributed by atoms with E-state index in [0.717, 1.165) is 93.3 Å². The number of piperidine rings is 1. The van der Waals surface area contributed by atoms with Gasteiger partial charge in [0, 0.05) is 30.0 Å². The molecule has 1 heterocycles. The highest BCUT2D eigenvalue weighted by molar-refractivity contribution is 5.69. The van der Waals surface area contributed by atoms with Crippen LogP contribution in [0.1, 0.15) is 162 Å². The van der Waals surface area contributed by atoms with E-state index in [0.29, 0.717) is 61.3 Å². The molecule has 0 aliphatic carbocycles. The summed E-state index contributed by atoms with van der Waals surface area (Å²) in [6, 6.07) is 19.7. The number of aryl methyl sites for hydroxylation is 12. The molecule has 0 bridgehead atoms. The van der Waals surface area contributed by atoms with Gasteiger partial charge in [0.05, 0.1) is 12.7 Å². The number of benzene rings is 5. The summed E-state index contributed by atoms with van der Waals surface area (Å²) in [5, 5.41) is 50.4. The van der Waals surface area contributed by atoms with Gasteiger partial charge in [0.25, 0.3) is 0 Å². The first kappa shape index (κ1) is 56.4. The Kier molecular flexibility index (Phi) is 18.9. The first-order valence-electron chi connectivity index (χ1n) is 25.4. The largest absolute Gasteiger partial charge is 0.508 e. The Balaban J connectivity index is 0.000000272. The number of aromatic hydroxyl groups is 5. The number of carbonyl (C=O) groups excluding carboxylic acids is 1. The van der Waals surface area contributed by atoms with Gasteiger partial charge < -0.3 is 30.3 Å². The average Bonchev–Trinajstić information content (AvgIpc) is 3.27. The second kappa shape index (κ2) is 23.8. The summed E-state index contributed by atoms with van der Waals surface area (Å²) in [4.78, 5) is 26.4. The van der Waals surface area contributed by atoms with Gasteiger partial charge in [0.2, 0.25) is 0 Å². The average molecular weight is 974 g/mol. The van der Waals surface area contributed by atoms with Crippen molar-refractivity contribution in [2.75, 3.05) is 19.8 Å². The summed E-state index contributed by atoms with van der Waals surface area (Å²) in [6.07, 6.45) is 5.12. The first-order valence-corrected chi connectivity index (χ1v) is 25.4. The van der Waals surface area contributed by atoms with Gasteiger partial charge in [-0.3, -0.25) is 9.69 Å². The molecule has 1 saturated heterocycles. The second-order valence-corrected chi connectivity index (χ2v) is 21.9. The second-order valence-electron chi connectivity index (χ2n) is 21.9. The number of nitrogens with zero attached hydrogens (tertiary/aromatic N) is 1. The van der Waals surface area contributed by atoms with Crippen LogP contribution in [0, 0.1) is 69.2 Å². The van der Waals surface area contributed by atoms with Crippen molar-refractivity contribution < 1.29 is 44.8 Å². The molecule has 1 aliphatic rings. The zero-order valence-corrected chi connectivity index (χ0v) is 45.4. The summed E-state index contributed by atoms with van der Waals surface area (Å²) in [5.74, 6) is 1.81. The van der Waals surface area contributed by atoms with E-state index in [9.17, 15) is 30.3 Å². The third-order valence-corrected chi connectivity index (χ3v) is 14.7. The Morgan fingerprint density at radius 3 is 1.42 bits per heavy atom. The summed E-state index contributed by atoms with van der Waals surface area (Å²) in [6.45, 7) is 32.1. The Hall–Kier alpha value is -5.55. The topological polar surface area (TPSA) is 149 Å². The number of ether oxygens (including phenoxy) is 1. The van der Waals surface area contributed by atoms with Crippen LogP contribution in [0.15, 0.2) is 60.7 Å². The van der Waals surface area contributed by atoms with Crippen LogP contribution in [0.25, 0.3) is 0 Å². The quantitative estimate of drug-likeness (QED) is 0.0264. The van der Waals surface area contributed by atoms with Gasteiger partial charge >= 0.3 is 5.97 Å². The van der Waals surface area contributed by atoms with Crippen LogP contribution in [0.3, 0.4) is 0 Å². The van der Waals surface area contributed by atoms with Crippen LogP contribution in [0.5, 0.6) is 28.7 Å². The van der Waals surface area contributed by atoms with Gasteiger partial charge in [0.1, 0.15) is 35.4 Å². The standard InChI is InChI=1S/C33H49NO6.C28H34O3/c1-22-16-26(17-23(2)30(22)36)10-9-14-39-40-28-20-32(5,6)34(33(7,8)21-28)13-15-38-29(35)12-11-27-18-24(3)31(37)25(4)19-27;1-15(22-9-19(5)26(29)12-16(22)2)8-25(23-10-20(6)27(30)13-17(23)3)24-11-21(7)28(31)14-18(24)4/h16-19,28,36-37H,9-15,20-21H2,1-8H3;9-15,25,29-31H,8H2,1-7H3. The molecule has 1 fully saturated rings. The number of esters is 1. The van der Waals surface area contributed by atoms with Gasteiger partial charge in [-0.25, -0.2) is 9.78 Å². The van der Waals surface area contributed by atoms with E-state index in [1.165, 1.54) is 22.3 Å². The van der Waals surface area contributed by atoms with Crippen molar-refractivity contribution in [3.05, 3.63) is 144 Å². The molecule has 0 aromatic heterocycles. The van der Waals surface area contributed by atoms with E-state index in [-0.39, 0.29) is 35.0 Å². The van der Waals surface area contributed by atoms with Crippen molar-refractivity contribution >= 4 is 5.97 Å². The molecular formula is C61H83NO9. The summed E-state index contributed by atoms with van der Waals surface area (Å²) in [5.41, 5.74) is 14.8. The molecule has 10 nitrogen and oxygen atoms in total. The zero-order chi connectivity index (χ0) is 52.7. The van der Waals surface area contributed by atoms with E-state index in [2.05, 4.69) is 57.7 Å². The number of rotatable bonds is 17. The highest BCUT2D eigenvalue weighted by Gasteiger charge is 2.46. The maximum atomic E-state index is 12.4. The molecule has 0 radical (unpaired) electrons. The van der Waals surface area contributed by atoms with Crippen molar-refractivity contribution in [3.63, 3.8) is 0 Å². The lowest BCUT2D eigenvalue weighted by molar-refractivity contribution is -0.340. The predicted molar refractivity (Wildman–Crippen MR) is 285 cm³/mol. The fourth-order valence-electron chi connectivity index (χ4n) is 11.0. The number of likely N-dealkylation sites (tertiary alicyclic amines) is 1. The SMILES string of the molecule is Cc1cc(C(C)CC(c2cc(C)c(O)cc2C)c2cc(C)c(O)cc2C)c(C)cc1O.Cc1cc(CCCOOC2CC(C)(C)N(CCOC(=O)CCc3cc(C)c(O)c(C)c3)C(C)(C)C2)cc(C)c1O. The third kappa shape index (κ3) is 14.5. The first-order chi connectivity index (χ1) is 33.2. The van der Waals surface area contributed by atoms with Crippen LogP contribution in [-0.4, -0.2) is 73.3 Å². The number of carbonyl (C=O) groups is 1. The molecule has 5 aromatic carbocycles. The molecule has 1 atom stereocenters. The summed E-state index contributed by atoms with van der Waals surface area (Å²) >= 11 is 0. The summed E-state index contributed by atoms with van der Waals surface area (Å²) in [7, 11) is 0. The number of hydrogen-bond donors (Lipinski definition) is 5. The molecule has 6 rings (SSSR count). The molecule has 0 amide bonds. The van der Waals surface area contributed by atoms with E-state index in [1.54, 1.807) is 0 Å². The lowest BCUT2D eigenvalue weighted by atomic mass is 9.77. The van der Waals surface area contributed by atoms with Crippen LogP contribution < -0.4 is 0 Å². The molecular weight excluding hydrogens is 891 g/mol. The van der Waals surface area contributed by atoms with E-state index in [4.69, 9.17) is 14.5 Å². The van der Waals surface area contributed by atoms with Gasteiger partial charge in [-0.1, -0.05) is 49.4 Å². The van der Waals surface area contributed by atoms with E-state index in [1.807, 2.05) is 112 Å². The minimum atomic E-state index is -0.205. The fourth-order valence-corrected chi connectivity index (χ4v) is 11.0. The van der Waals surface area contributed by atoms with Gasteiger partial charge in [0.15, 0.2) is 0 Å². The number of hydrogen-bond acceptors (Lipinski definition) is 10. The Bertz CT molecular complexity index is 2540. The number of phenols is 5. The highest BCUT2D eigenvalue weighted by Crippen LogP contribution is 2.43. The normalized spacial score (nSPS) is 15.1. The lowest BCUT2D eigenvalue weighted by Gasteiger charge is -2.54. The highest BCUT2D eigenvalue weighted by atomic mass is 17.2. The van der Waals surface area contributed by atoms with Gasteiger partial charge in [-0.15, -0.1) is 0 Å². The predicted octanol–water partition coefficient (Wildman–Crippen LogP) is 13.4. The Morgan fingerprint density at radius 2 is 0.972 bits per heavy atom. The molecule has 71 heavy (non-hydrogen) atoms. The molecule has 0 saturated carbocycles. The van der Waals surface area contributed by atoms with Crippen molar-refractivity contribution in [1.29, 1.82) is 0 Å². The Morgan fingerprint density at radius 1 is 0.563 bits per heavy atom. The van der Waals surface area contributed by atoms with Crippen LogP contribution in [-0.2, 0) is 32.1 Å². The van der Waals surface area contributed by atoms with Crippen molar-refractivity contribution in [2.24, 2.45) is 0 Å². The maximum absolute atomic E-state index is 12.4. The zero-order valence-electron chi connectivity index (χ0n) is 45.4. The van der Waals surface area contributed by atoms with E-state index < -0.39 is 0 Å². The molecule has 1 aliphatic heterocycles.